The van der Waals surface area contributed by atoms with Crippen molar-refractivity contribution in [2.24, 2.45) is 0 Å². The molecule has 0 unspecified atom stereocenters. The lowest BCUT2D eigenvalue weighted by Gasteiger charge is -2.10. The van der Waals surface area contributed by atoms with Crippen LogP contribution in [0.25, 0.3) is 0 Å². The van der Waals surface area contributed by atoms with Crippen LogP contribution in [0.5, 0.6) is 11.5 Å². The van der Waals surface area contributed by atoms with Gasteiger partial charge in [0.25, 0.3) is 0 Å². The third-order valence-electron chi connectivity index (χ3n) is 2.50. The predicted octanol–water partition coefficient (Wildman–Crippen LogP) is 2.21. The number of rotatable bonds is 8. The molecule has 0 heterocycles. The third kappa shape index (κ3) is 4.95. The van der Waals surface area contributed by atoms with Gasteiger partial charge in [-0.15, -0.1) is 0 Å². The van der Waals surface area contributed by atoms with Gasteiger partial charge in [-0.05, 0) is 31.4 Å². The minimum atomic E-state index is 0.270. The number of methoxy groups -OCH3 is 1. The van der Waals surface area contributed by atoms with Gasteiger partial charge < -0.3 is 20.3 Å². The molecule has 0 spiro atoms. The van der Waals surface area contributed by atoms with Gasteiger partial charge in [0.05, 0.1) is 13.7 Å². The molecule has 4 nitrogen and oxygen atoms in total. The van der Waals surface area contributed by atoms with Gasteiger partial charge in [-0.3, -0.25) is 0 Å². The monoisotopic (exact) mass is 239 g/mol. The van der Waals surface area contributed by atoms with Crippen LogP contribution in [-0.4, -0.2) is 25.4 Å². The van der Waals surface area contributed by atoms with Crippen molar-refractivity contribution in [3.05, 3.63) is 18.2 Å². The molecule has 0 saturated heterocycles. The fourth-order valence-electron chi connectivity index (χ4n) is 1.55. The highest BCUT2D eigenvalue weighted by atomic mass is 16.5. The number of unbranched alkanes of at least 4 members (excludes halogenated alkanes) is 3. The molecule has 0 amide bonds. The van der Waals surface area contributed by atoms with Gasteiger partial charge >= 0.3 is 0 Å². The van der Waals surface area contributed by atoms with Gasteiger partial charge in [-0.25, -0.2) is 0 Å². The van der Waals surface area contributed by atoms with Crippen LogP contribution in [0.2, 0.25) is 0 Å². The maximum absolute atomic E-state index is 8.64. The molecule has 0 fully saturated rings. The third-order valence-corrected chi connectivity index (χ3v) is 2.50. The zero-order valence-electron chi connectivity index (χ0n) is 10.3. The molecule has 0 radical (unpaired) electrons. The predicted molar refractivity (Wildman–Crippen MR) is 68.5 cm³/mol. The number of nitrogens with two attached hydrogens (primary N) is 1. The highest BCUT2D eigenvalue weighted by Gasteiger charge is 2.03. The molecule has 17 heavy (non-hydrogen) atoms. The lowest BCUT2D eigenvalue weighted by Crippen LogP contribution is -2.00. The SMILES string of the molecule is COc1cc(N)ccc1OCCCCCCO. The van der Waals surface area contributed by atoms with Crippen molar-refractivity contribution >= 4 is 5.69 Å². The van der Waals surface area contributed by atoms with Gasteiger partial charge in [-0.1, -0.05) is 6.42 Å². The number of aliphatic hydroxyl groups is 1. The van der Waals surface area contributed by atoms with E-state index in [0.29, 0.717) is 18.0 Å². The number of aliphatic hydroxyl groups excluding tert-OH is 1. The van der Waals surface area contributed by atoms with Crippen LogP contribution in [0.1, 0.15) is 25.7 Å². The average molecular weight is 239 g/mol. The second kappa shape index (κ2) is 7.79. The second-order valence-electron chi connectivity index (χ2n) is 3.90. The molecule has 3 N–H and O–H groups in total. The molecular formula is C13H21NO3. The molecule has 0 aromatic heterocycles. The van der Waals surface area contributed by atoms with Gasteiger partial charge in [0.2, 0.25) is 0 Å². The van der Waals surface area contributed by atoms with E-state index in [-0.39, 0.29) is 6.61 Å². The van der Waals surface area contributed by atoms with Crippen molar-refractivity contribution in [2.75, 3.05) is 26.1 Å². The van der Waals surface area contributed by atoms with E-state index in [9.17, 15) is 0 Å². The van der Waals surface area contributed by atoms with E-state index in [1.165, 1.54) is 0 Å². The normalized spacial score (nSPS) is 10.2. The van der Waals surface area contributed by atoms with Gasteiger partial charge in [0.1, 0.15) is 0 Å². The smallest absolute Gasteiger partial charge is 0.162 e. The van der Waals surface area contributed by atoms with Gasteiger partial charge in [-0.2, -0.15) is 0 Å². The zero-order valence-corrected chi connectivity index (χ0v) is 10.3. The molecule has 4 heteroatoms. The minimum absolute atomic E-state index is 0.270. The Hall–Kier alpha value is -1.42. The first kappa shape index (κ1) is 13.6. The first-order valence-electron chi connectivity index (χ1n) is 5.95. The highest BCUT2D eigenvalue weighted by molar-refractivity contribution is 5.51. The molecule has 96 valence electrons. The largest absolute Gasteiger partial charge is 0.493 e. The van der Waals surface area contributed by atoms with E-state index in [4.69, 9.17) is 20.3 Å². The van der Waals surface area contributed by atoms with Crippen LogP contribution in [0.4, 0.5) is 5.69 Å². The summed E-state index contributed by atoms with van der Waals surface area (Å²) in [5.74, 6) is 1.39. The van der Waals surface area contributed by atoms with E-state index < -0.39 is 0 Å². The van der Waals surface area contributed by atoms with Crippen LogP contribution < -0.4 is 15.2 Å². The summed E-state index contributed by atoms with van der Waals surface area (Å²) in [5.41, 5.74) is 6.32. The highest BCUT2D eigenvalue weighted by Crippen LogP contribution is 2.29. The van der Waals surface area contributed by atoms with Crippen LogP contribution >= 0.6 is 0 Å². The first-order chi connectivity index (χ1) is 8.27. The van der Waals surface area contributed by atoms with Crippen molar-refractivity contribution in [2.45, 2.75) is 25.7 Å². The quantitative estimate of drug-likeness (QED) is 0.539. The number of nitrogen functional groups attached to an aromatic ring is 1. The Morgan fingerprint density at radius 2 is 1.88 bits per heavy atom. The fourth-order valence-corrected chi connectivity index (χ4v) is 1.55. The van der Waals surface area contributed by atoms with E-state index in [1.807, 2.05) is 6.07 Å². The van der Waals surface area contributed by atoms with Crippen LogP contribution in [0, 0.1) is 0 Å². The Morgan fingerprint density at radius 1 is 1.12 bits per heavy atom. The van der Waals surface area contributed by atoms with Crippen molar-refractivity contribution in [3.8, 4) is 11.5 Å². The van der Waals surface area contributed by atoms with Gasteiger partial charge in [0.15, 0.2) is 11.5 Å². The topological polar surface area (TPSA) is 64.7 Å². The van der Waals surface area contributed by atoms with E-state index in [2.05, 4.69) is 0 Å². The number of hydrogen-bond donors (Lipinski definition) is 2. The average Bonchev–Trinajstić information content (AvgIpc) is 2.35. The first-order valence-corrected chi connectivity index (χ1v) is 5.95. The molecule has 0 aliphatic rings. The molecule has 0 aliphatic carbocycles. The summed E-state index contributed by atoms with van der Waals surface area (Å²) < 4.78 is 10.8. The Labute approximate surface area is 102 Å². The summed E-state index contributed by atoms with van der Waals surface area (Å²) in [6.07, 6.45) is 3.95. The number of benzene rings is 1. The standard InChI is InChI=1S/C13H21NO3/c1-16-13-10-11(14)6-7-12(13)17-9-5-3-2-4-8-15/h6-7,10,15H,2-5,8-9,14H2,1H3. The Kier molecular flexibility index (Phi) is 6.25. The molecular weight excluding hydrogens is 218 g/mol. The summed E-state index contributed by atoms with van der Waals surface area (Å²) in [5, 5.41) is 8.64. The van der Waals surface area contributed by atoms with E-state index in [0.717, 1.165) is 31.4 Å². The fraction of sp³-hybridized carbons (Fsp3) is 0.538. The lowest BCUT2D eigenvalue weighted by atomic mass is 10.2. The second-order valence-corrected chi connectivity index (χ2v) is 3.90. The number of ether oxygens (including phenoxy) is 2. The summed E-state index contributed by atoms with van der Waals surface area (Å²) in [4.78, 5) is 0. The maximum atomic E-state index is 8.64. The van der Waals surface area contributed by atoms with Crippen molar-refractivity contribution < 1.29 is 14.6 Å². The van der Waals surface area contributed by atoms with Crippen LogP contribution in [0.3, 0.4) is 0 Å². The molecule has 1 aromatic rings. The molecule has 0 aliphatic heterocycles. The maximum Gasteiger partial charge on any atom is 0.162 e. The Bertz CT molecular complexity index is 328. The summed E-state index contributed by atoms with van der Waals surface area (Å²) in [7, 11) is 1.60. The summed E-state index contributed by atoms with van der Waals surface area (Å²) in [6, 6.07) is 5.37. The summed E-state index contributed by atoms with van der Waals surface area (Å²) >= 11 is 0. The van der Waals surface area contributed by atoms with Gasteiger partial charge in [0, 0.05) is 18.4 Å². The molecule has 0 bridgehead atoms. The molecule has 0 saturated carbocycles. The van der Waals surface area contributed by atoms with E-state index >= 15 is 0 Å². The van der Waals surface area contributed by atoms with Crippen molar-refractivity contribution in [1.29, 1.82) is 0 Å². The van der Waals surface area contributed by atoms with Crippen LogP contribution in [-0.2, 0) is 0 Å². The van der Waals surface area contributed by atoms with Crippen molar-refractivity contribution in [3.63, 3.8) is 0 Å². The number of hydrogen-bond acceptors (Lipinski definition) is 4. The lowest BCUT2D eigenvalue weighted by molar-refractivity contribution is 0.268. The minimum Gasteiger partial charge on any atom is -0.493 e. The molecule has 1 aromatic carbocycles. The zero-order chi connectivity index (χ0) is 12.5. The van der Waals surface area contributed by atoms with E-state index in [1.54, 1.807) is 19.2 Å². The molecule has 1 rings (SSSR count). The Morgan fingerprint density at radius 3 is 2.59 bits per heavy atom. The van der Waals surface area contributed by atoms with Crippen LogP contribution in [0.15, 0.2) is 18.2 Å². The van der Waals surface area contributed by atoms with Crippen molar-refractivity contribution in [1.82, 2.24) is 0 Å². The number of anilines is 1. The molecule has 0 atom stereocenters. The Balaban J connectivity index is 2.31. The summed E-state index contributed by atoms with van der Waals surface area (Å²) in [6.45, 7) is 0.929.